The second-order valence-electron chi connectivity index (χ2n) is 6.97. The number of hydrogen-bond donors (Lipinski definition) is 4. The molecule has 2 amide bonds. The van der Waals surface area contributed by atoms with Crippen LogP contribution in [0.3, 0.4) is 0 Å². The molecule has 0 aliphatic heterocycles. The predicted octanol–water partition coefficient (Wildman–Crippen LogP) is 0.680. The van der Waals surface area contributed by atoms with Crippen molar-refractivity contribution in [2.45, 2.75) is 38.5 Å². The number of nitrogens with zero attached hydrogens (tertiary/aromatic N) is 2. The van der Waals surface area contributed by atoms with Crippen molar-refractivity contribution in [2.24, 2.45) is 5.92 Å². The van der Waals surface area contributed by atoms with Crippen molar-refractivity contribution in [3.8, 4) is 5.75 Å². The summed E-state index contributed by atoms with van der Waals surface area (Å²) in [6.07, 6.45) is 2.77. The summed E-state index contributed by atoms with van der Waals surface area (Å²) in [7, 11) is 1.58. The van der Waals surface area contributed by atoms with E-state index in [0.717, 1.165) is 5.56 Å². The van der Waals surface area contributed by atoms with Gasteiger partial charge in [-0.05, 0) is 25.8 Å². The first-order chi connectivity index (χ1) is 14.9. The Labute approximate surface area is 179 Å². The third-order valence-electron chi connectivity index (χ3n) is 4.90. The fourth-order valence-corrected chi connectivity index (χ4v) is 3.32. The first kappa shape index (κ1) is 23.7. The summed E-state index contributed by atoms with van der Waals surface area (Å²) in [4.78, 5) is 41.2. The maximum absolute atomic E-state index is 12.5. The Hall–Kier alpha value is -3.53. The monoisotopic (exact) mass is 430 g/mol. The van der Waals surface area contributed by atoms with Crippen LogP contribution in [0.5, 0.6) is 5.75 Å². The maximum Gasteiger partial charge on any atom is 0.290 e. The van der Waals surface area contributed by atoms with Crippen LogP contribution in [0.2, 0.25) is 0 Å². The number of benzene rings is 1. The number of aromatic nitrogens is 2. The zero-order chi connectivity index (χ0) is 22.8. The van der Waals surface area contributed by atoms with Crippen molar-refractivity contribution < 1.29 is 29.3 Å². The van der Waals surface area contributed by atoms with Crippen molar-refractivity contribution in [1.29, 1.82) is 0 Å². The quantitative estimate of drug-likeness (QED) is 0.489. The van der Waals surface area contributed by atoms with Crippen molar-refractivity contribution in [2.75, 3.05) is 7.11 Å². The molecular formula is C21H26N4O6. The Morgan fingerprint density at radius 1 is 1.23 bits per heavy atom. The number of aryl methyl sites for hydroxylation is 1. The molecule has 1 fully saturated rings. The smallest absolute Gasteiger partial charge is 0.290 e. The summed E-state index contributed by atoms with van der Waals surface area (Å²) < 4.78 is 5.28. The van der Waals surface area contributed by atoms with E-state index in [1.807, 2.05) is 24.3 Å². The molecule has 3 rings (SSSR count). The number of aliphatic hydroxyl groups is 1. The third-order valence-corrected chi connectivity index (χ3v) is 4.90. The van der Waals surface area contributed by atoms with Gasteiger partial charge in [0.2, 0.25) is 5.91 Å². The molecule has 1 aromatic carbocycles. The molecule has 166 valence electrons. The van der Waals surface area contributed by atoms with E-state index in [0.29, 0.717) is 36.5 Å². The van der Waals surface area contributed by atoms with Crippen molar-refractivity contribution >= 4 is 18.3 Å². The lowest BCUT2D eigenvalue weighted by Gasteiger charge is -2.16. The maximum atomic E-state index is 12.5. The van der Waals surface area contributed by atoms with E-state index in [9.17, 15) is 14.7 Å². The minimum Gasteiger partial charge on any atom is -0.496 e. The molecule has 4 N–H and O–H groups in total. The van der Waals surface area contributed by atoms with Gasteiger partial charge in [0.25, 0.3) is 12.4 Å². The molecule has 1 aliphatic rings. The molecule has 2 aromatic rings. The molecule has 0 bridgehead atoms. The molecule has 1 saturated carbocycles. The van der Waals surface area contributed by atoms with Crippen LogP contribution in [-0.2, 0) is 16.1 Å². The van der Waals surface area contributed by atoms with Gasteiger partial charge in [-0.15, -0.1) is 0 Å². The van der Waals surface area contributed by atoms with E-state index in [4.69, 9.17) is 14.6 Å². The molecule has 0 unspecified atom stereocenters. The first-order valence-corrected chi connectivity index (χ1v) is 9.64. The van der Waals surface area contributed by atoms with E-state index in [1.165, 1.54) is 12.4 Å². The Kier molecular flexibility index (Phi) is 8.89. The third kappa shape index (κ3) is 6.75. The van der Waals surface area contributed by atoms with E-state index < -0.39 is 12.1 Å². The summed E-state index contributed by atoms with van der Waals surface area (Å²) in [5.74, 6) is 0.396. The Morgan fingerprint density at radius 2 is 1.87 bits per heavy atom. The second-order valence-corrected chi connectivity index (χ2v) is 6.97. The van der Waals surface area contributed by atoms with Gasteiger partial charge in [0.05, 0.1) is 24.8 Å². The fraction of sp³-hybridized carbons (Fsp3) is 0.381. The van der Waals surface area contributed by atoms with Crippen molar-refractivity contribution in [3.05, 3.63) is 53.6 Å². The molecule has 31 heavy (non-hydrogen) atoms. The lowest BCUT2D eigenvalue weighted by Crippen LogP contribution is -2.40. The van der Waals surface area contributed by atoms with Crippen LogP contribution in [0.1, 0.15) is 34.6 Å². The van der Waals surface area contributed by atoms with Crippen LogP contribution in [-0.4, -0.2) is 57.7 Å². The normalized spacial score (nSPS) is 19.5. The van der Waals surface area contributed by atoms with E-state index in [1.54, 1.807) is 14.0 Å². The molecular weight excluding hydrogens is 404 g/mol. The van der Waals surface area contributed by atoms with Crippen LogP contribution < -0.4 is 15.4 Å². The van der Waals surface area contributed by atoms with Gasteiger partial charge in [-0.2, -0.15) is 0 Å². The zero-order valence-corrected chi connectivity index (χ0v) is 17.3. The number of amides is 2. The number of carbonyl (C=O) groups is 3. The average molecular weight is 430 g/mol. The van der Waals surface area contributed by atoms with E-state index >= 15 is 0 Å². The van der Waals surface area contributed by atoms with Gasteiger partial charge >= 0.3 is 0 Å². The van der Waals surface area contributed by atoms with Gasteiger partial charge in [-0.1, -0.05) is 18.2 Å². The van der Waals surface area contributed by atoms with Crippen molar-refractivity contribution in [1.82, 2.24) is 20.6 Å². The van der Waals surface area contributed by atoms with E-state index in [2.05, 4.69) is 20.6 Å². The van der Waals surface area contributed by atoms with Gasteiger partial charge in [0, 0.05) is 30.4 Å². The zero-order valence-electron chi connectivity index (χ0n) is 17.3. The molecule has 1 heterocycles. The number of ether oxygens (including phenoxy) is 1. The minimum atomic E-state index is -0.780. The summed E-state index contributed by atoms with van der Waals surface area (Å²) >= 11 is 0. The molecule has 0 spiro atoms. The number of carbonyl (C=O) groups excluding carboxylic acids is 2. The molecule has 1 aromatic heterocycles. The Morgan fingerprint density at radius 3 is 2.52 bits per heavy atom. The van der Waals surface area contributed by atoms with Crippen molar-refractivity contribution in [3.63, 3.8) is 0 Å². The Bertz CT molecular complexity index is 890. The number of para-hydroxylation sites is 1. The number of aliphatic hydroxyl groups excluding tert-OH is 1. The SMILES string of the molecule is COc1ccccc1CNC(=O)[C@H]1C[C@H](NC(=O)c2cnc(C)nc2)[C@@H](O)C1.O=CO. The Balaban J connectivity index is 0.00000107. The fourth-order valence-electron chi connectivity index (χ4n) is 3.32. The highest BCUT2D eigenvalue weighted by Gasteiger charge is 2.37. The molecule has 10 nitrogen and oxygen atoms in total. The largest absolute Gasteiger partial charge is 0.496 e. The molecule has 10 heteroatoms. The average Bonchev–Trinajstić information content (AvgIpc) is 3.13. The number of rotatable bonds is 6. The van der Waals surface area contributed by atoms with Crippen LogP contribution in [0.15, 0.2) is 36.7 Å². The molecule has 0 saturated heterocycles. The van der Waals surface area contributed by atoms with Crippen LogP contribution in [0.25, 0.3) is 0 Å². The number of hydrogen-bond acceptors (Lipinski definition) is 7. The molecule has 1 aliphatic carbocycles. The van der Waals surface area contributed by atoms with Gasteiger partial charge in [-0.25, -0.2) is 9.97 Å². The predicted molar refractivity (Wildman–Crippen MR) is 110 cm³/mol. The van der Waals surface area contributed by atoms with Gasteiger partial charge in [-0.3, -0.25) is 14.4 Å². The lowest BCUT2D eigenvalue weighted by atomic mass is 10.1. The minimum absolute atomic E-state index is 0.152. The van der Waals surface area contributed by atoms with Crippen LogP contribution in [0.4, 0.5) is 0 Å². The van der Waals surface area contributed by atoms with Crippen LogP contribution >= 0.6 is 0 Å². The summed E-state index contributed by atoms with van der Waals surface area (Å²) in [6, 6.07) is 6.97. The summed E-state index contributed by atoms with van der Waals surface area (Å²) in [5, 5.41) is 22.8. The van der Waals surface area contributed by atoms with Gasteiger partial charge in [0.15, 0.2) is 0 Å². The lowest BCUT2D eigenvalue weighted by molar-refractivity contribution is -0.125. The highest BCUT2D eigenvalue weighted by Crippen LogP contribution is 2.27. The topological polar surface area (TPSA) is 151 Å². The summed E-state index contributed by atoms with van der Waals surface area (Å²) in [5.41, 5.74) is 1.20. The van der Waals surface area contributed by atoms with Gasteiger partial charge in [0.1, 0.15) is 11.6 Å². The van der Waals surface area contributed by atoms with Crippen LogP contribution in [0, 0.1) is 12.8 Å². The number of methoxy groups -OCH3 is 1. The highest BCUT2D eigenvalue weighted by atomic mass is 16.5. The standard InChI is InChI=1S/C20H24N4O4.CH2O2/c1-12-21-10-15(11-22-12)20(27)24-16-7-14(8-17(16)25)19(26)23-9-13-5-3-4-6-18(13)28-2;2-1-3/h3-6,10-11,14,16-17,25H,7-9H2,1-2H3,(H,23,26)(H,24,27);1H,(H,2,3)/t14-,16-,17-;/m0./s1. The highest BCUT2D eigenvalue weighted by molar-refractivity contribution is 5.94. The van der Waals surface area contributed by atoms with Gasteiger partial charge < -0.3 is 25.6 Å². The second kappa shape index (κ2) is 11.6. The number of nitrogens with one attached hydrogen (secondary N) is 2. The summed E-state index contributed by atoms with van der Waals surface area (Å²) in [6.45, 7) is 1.82. The molecule has 3 atom stereocenters. The van der Waals surface area contributed by atoms with E-state index in [-0.39, 0.29) is 24.2 Å². The molecule has 0 radical (unpaired) electrons. The first-order valence-electron chi connectivity index (χ1n) is 9.64. The number of carboxylic acid groups (broad SMARTS) is 1.